The van der Waals surface area contributed by atoms with Gasteiger partial charge >= 0.3 is 5.69 Å². The Balaban J connectivity index is 2.31. The number of ether oxygens (including phenoxy) is 1. The second kappa shape index (κ2) is 4.79. The molecule has 6 nitrogen and oxygen atoms in total. The summed E-state index contributed by atoms with van der Waals surface area (Å²) >= 11 is 0. The van der Waals surface area contributed by atoms with Crippen LogP contribution in [0.2, 0.25) is 0 Å². The van der Waals surface area contributed by atoms with Gasteiger partial charge in [-0.15, -0.1) is 0 Å². The Morgan fingerprint density at radius 2 is 1.94 bits per heavy atom. The van der Waals surface area contributed by atoms with Crippen molar-refractivity contribution in [2.45, 2.75) is 6.54 Å². The van der Waals surface area contributed by atoms with Crippen molar-refractivity contribution in [2.75, 3.05) is 12.8 Å². The van der Waals surface area contributed by atoms with Crippen LogP contribution in [-0.2, 0) is 6.54 Å². The van der Waals surface area contributed by atoms with Gasteiger partial charge in [-0.05, 0) is 17.7 Å². The molecular formula is C12H13N3O3. The van der Waals surface area contributed by atoms with Crippen LogP contribution in [0.5, 0.6) is 5.75 Å². The van der Waals surface area contributed by atoms with E-state index in [0.29, 0.717) is 6.54 Å². The molecule has 0 aliphatic rings. The number of benzene rings is 1. The molecule has 1 aromatic carbocycles. The lowest BCUT2D eigenvalue weighted by atomic mass is 10.2. The maximum absolute atomic E-state index is 11.5. The summed E-state index contributed by atoms with van der Waals surface area (Å²) in [7, 11) is 1.59. The van der Waals surface area contributed by atoms with Crippen LogP contribution in [-0.4, -0.2) is 16.7 Å². The second-order valence-corrected chi connectivity index (χ2v) is 3.82. The van der Waals surface area contributed by atoms with Crippen molar-refractivity contribution in [3.8, 4) is 5.75 Å². The quantitative estimate of drug-likeness (QED) is 0.809. The standard InChI is InChI=1S/C12H13N3O3/c1-18-9-4-2-8(3-5-9)6-15-7-10(13)11(16)14-12(15)17/h2-5,7H,6,13H2,1H3,(H,14,16,17). The molecule has 3 N–H and O–H groups in total. The first kappa shape index (κ1) is 12.0. The number of methoxy groups -OCH3 is 1. The zero-order chi connectivity index (χ0) is 13.1. The fourth-order valence-corrected chi connectivity index (χ4v) is 1.57. The monoisotopic (exact) mass is 247 g/mol. The number of nitrogen functional groups attached to an aromatic ring is 1. The fourth-order valence-electron chi connectivity index (χ4n) is 1.57. The van der Waals surface area contributed by atoms with Gasteiger partial charge in [0.2, 0.25) is 0 Å². The lowest BCUT2D eigenvalue weighted by Crippen LogP contribution is -2.31. The summed E-state index contributed by atoms with van der Waals surface area (Å²) < 4.78 is 6.39. The van der Waals surface area contributed by atoms with Crippen molar-refractivity contribution >= 4 is 5.69 Å². The molecule has 2 rings (SSSR count). The molecule has 0 saturated carbocycles. The zero-order valence-electron chi connectivity index (χ0n) is 9.84. The summed E-state index contributed by atoms with van der Waals surface area (Å²) in [6, 6.07) is 7.28. The highest BCUT2D eigenvalue weighted by molar-refractivity contribution is 5.31. The van der Waals surface area contributed by atoms with Crippen molar-refractivity contribution in [1.82, 2.24) is 9.55 Å². The van der Waals surface area contributed by atoms with Gasteiger partial charge in [0.15, 0.2) is 0 Å². The third-order valence-corrected chi connectivity index (χ3v) is 2.55. The van der Waals surface area contributed by atoms with Crippen LogP contribution in [0.4, 0.5) is 5.69 Å². The van der Waals surface area contributed by atoms with Gasteiger partial charge in [-0.25, -0.2) is 4.79 Å². The molecule has 1 heterocycles. The van der Waals surface area contributed by atoms with E-state index in [1.165, 1.54) is 10.8 Å². The van der Waals surface area contributed by atoms with E-state index in [2.05, 4.69) is 4.98 Å². The summed E-state index contributed by atoms with van der Waals surface area (Å²) in [6.07, 6.45) is 1.34. The Kier molecular flexibility index (Phi) is 3.18. The fraction of sp³-hybridized carbons (Fsp3) is 0.167. The average Bonchev–Trinajstić information content (AvgIpc) is 2.37. The molecule has 0 fully saturated rings. The highest BCUT2D eigenvalue weighted by atomic mass is 16.5. The number of nitrogens with two attached hydrogens (primary N) is 1. The third-order valence-electron chi connectivity index (χ3n) is 2.55. The molecule has 1 aromatic heterocycles. The Labute approximate surface area is 103 Å². The molecule has 6 heteroatoms. The maximum atomic E-state index is 11.5. The van der Waals surface area contributed by atoms with Crippen molar-refractivity contribution in [1.29, 1.82) is 0 Å². The number of nitrogens with zero attached hydrogens (tertiary/aromatic N) is 1. The topological polar surface area (TPSA) is 90.1 Å². The highest BCUT2D eigenvalue weighted by Crippen LogP contribution is 2.11. The minimum absolute atomic E-state index is 0.0168. The number of aromatic amines is 1. The van der Waals surface area contributed by atoms with E-state index in [4.69, 9.17) is 10.5 Å². The minimum atomic E-state index is -0.564. The highest BCUT2D eigenvalue weighted by Gasteiger charge is 2.02. The average molecular weight is 247 g/mol. The molecule has 0 aliphatic carbocycles. The zero-order valence-corrected chi connectivity index (χ0v) is 9.84. The molecule has 0 spiro atoms. The summed E-state index contributed by atoms with van der Waals surface area (Å²) in [5.74, 6) is 0.743. The van der Waals surface area contributed by atoms with Gasteiger partial charge in [0.1, 0.15) is 11.4 Å². The molecule has 0 radical (unpaired) electrons. The number of rotatable bonds is 3. The van der Waals surface area contributed by atoms with Crippen LogP contribution in [0.25, 0.3) is 0 Å². The van der Waals surface area contributed by atoms with Gasteiger partial charge in [0.25, 0.3) is 5.56 Å². The van der Waals surface area contributed by atoms with Crippen molar-refractivity contribution in [3.63, 3.8) is 0 Å². The van der Waals surface area contributed by atoms with Crippen molar-refractivity contribution in [3.05, 3.63) is 56.9 Å². The number of nitrogens with one attached hydrogen (secondary N) is 1. The first-order valence-electron chi connectivity index (χ1n) is 5.32. The molecular weight excluding hydrogens is 234 g/mol. The number of aromatic nitrogens is 2. The van der Waals surface area contributed by atoms with Crippen molar-refractivity contribution < 1.29 is 4.74 Å². The summed E-state index contributed by atoms with van der Waals surface area (Å²) in [4.78, 5) is 24.8. The van der Waals surface area contributed by atoms with E-state index in [1.54, 1.807) is 19.2 Å². The van der Waals surface area contributed by atoms with Gasteiger partial charge in [0, 0.05) is 6.20 Å². The molecule has 0 saturated heterocycles. The van der Waals surface area contributed by atoms with Gasteiger partial charge < -0.3 is 10.5 Å². The lowest BCUT2D eigenvalue weighted by molar-refractivity contribution is 0.414. The molecule has 0 unspecified atom stereocenters. The Morgan fingerprint density at radius 3 is 2.56 bits per heavy atom. The van der Waals surface area contributed by atoms with Gasteiger partial charge in [-0.2, -0.15) is 0 Å². The Morgan fingerprint density at radius 1 is 1.28 bits per heavy atom. The molecule has 94 valence electrons. The Hall–Kier alpha value is -2.50. The van der Waals surface area contributed by atoms with Crippen LogP contribution in [0, 0.1) is 0 Å². The lowest BCUT2D eigenvalue weighted by Gasteiger charge is -2.06. The predicted molar refractivity (Wildman–Crippen MR) is 67.8 cm³/mol. The maximum Gasteiger partial charge on any atom is 0.328 e. The molecule has 0 aliphatic heterocycles. The largest absolute Gasteiger partial charge is 0.497 e. The smallest absolute Gasteiger partial charge is 0.328 e. The molecule has 0 amide bonds. The number of hydrogen-bond donors (Lipinski definition) is 2. The van der Waals surface area contributed by atoms with E-state index in [-0.39, 0.29) is 5.69 Å². The summed E-state index contributed by atoms with van der Waals surface area (Å²) in [5, 5.41) is 0. The summed E-state index contributed by atoms with van der Waals surface area (Å²) in [5.41, 5.74) is 5.34. The first-order valence-corrected chi connectivity index (χ1v) is 5.32. The van der Waals surface area contributed by atoms with Gasteiger partial charge in [0.05, 0.1) is 13.7 Å². The molecule has 0 bridgehead atoms. The van der Waals surface area contributed by atoms with Crippen LogP contribution in [0.15, 0.2) is 40.1 Å². The van der Waals surface area contributed by atoms with Crippen molar-refractivity contribution in [2.24, 2.45) is 0 Å². The number of H-pyrrole nitrogens is 1. The van der Waals surface area contributed by atoms with Gasteiger partial charge in [-0.1, -0.05) is 12.1 Å². The second-order valence-electron chi connectivity index (χ2n) is 3.82. The van der Waals surface area contributed by atoms with Crippen LogP contribution in [0.3, 0.4) is 0 Å². The van der Waals surface area contributed by atoms with E-state index in [0.717, 1.165) is 11.3 Å². The van der Waals surface area contributed by atoms with Gasteiger partial charge in [-0.3, -0.25) is 14.3 Å². The Bertz CT molecular complexity index is 656. The normalized spacial score (nSPS) is 10.3. The van der Waals surface area contributed by atoms with Crippen LogP contribution in [0.1, 0.15) is 5.56 Å². The number of anilines is 1. The van der Waals surface area contributed by atoms with E-state index in [9.17, 15) is 9.59 Å². The van der Waals surface area contributed by atoms with E-state index >= 15 is 0 Å². The van der Waals surface area contributed by atoms with Crippen LogP contribution < -0.4 is 21.7 Å². The van der Waals surface area contributed by atoms with E-state index < -0.39 is 11.2 Å². The van der Waals surface area contributed by atoms with Crippen LogP contribution >= 0.6 is 0 Å². The third kappa shape index (κ3) is 2.42. The predicted octanol–water partition coefficient (Wildman–Crippen LogP) is 0.176. The molecule has 0 atom stereocenters. The molecule has 18 heavy (non-hydrogen) atoms. The first-order chi connectivity index (χ1) is 8.60. The SMILES string of the molecule is COc1ccc(Cn2cc(N)c(=O)[nH]c2=O)cc1. The minimum Gasteiger partial charge on any atom is -0.497 e. The molecule has 2 aromatic rings. The van der Waals surface area contributed by atoms with E-state index in [1.807, 2.05) is 12.1 Å². The number of hydrogen-bond acceptors (Lipinski definition) is 4. The summed E-state index contributed by atoms with van der Waals surface area (Å²) in [6.45, 7) is 0.337.